The van der Waals surface area contributed by atoms with Gasteiger partial charge in [-0.15, -0.1) is 0 Å². The standard InChI is InChI=1S/C13H9I3O/c14-10-6-9(7-11(15)13(10)17)12(16)8-4-2-1-3-5-8/h1-7,12,17H. The maximum absolute atomic E-state index is 9.77. The molecule has 4 heteroatoms. The van der Waals surface area contributed by atoms with Gasteiger partial charge in [0.05, 0.1) is 11.1 Å². The molecule has 88 valence electrons. The predicted octanol–water partition coefficient (Wildman–Crippen LogP) is 5.13. The summed E-state index contributed by atoms with van der Waals surface area (Å²) in [6.45, 7) is 0. The highest BCUT2D eigenvalue weighted by Crippen LogP contribution is 2.36. The molecular formula is C13H9I3O. The predicted molar refractivity (Wildman–Crippen MR) is 95.8 cm³/mol. The van der Waals surface area contributed by atoms with Gasteiger partial charge in [0.15, 0.2) is 0 Å². The number of phenols is 1. The number of alkyl halides is 1. The third-order valence-corrected chi connectivity index (χ3v) is 5.51. The SMILES string of the molecule is Oc1c(I)cc(C(I)c2ccccc2)cc1I. The van der Waals surface area contributed by atoms with Crippen LogP contribution in [0.25, 0.3) is 0 Å². The molecule has 17 heavy (non-hydrogen) atoms. The second-order valence-electron chi connectivity index (χ2n) is 3.61. The molecule has 2 rings (SSSR count). The summed E-state index contributed by atoms with van der Waals surface area (Å²) < 4.78 is 2.13. The van der Waals surface area contributed by atoms with Crippen LogP contribution < -0.4 is 0 Å². The molecule has 0 saturated heterocycles. The van der Waals surface area contributed by atoms with Gasteiger partial charge in [0.1, 0.15) is 5.75 Å². The summed E-state index contributed by atoms with van der Waals surface area (Å²) >= 11 is 6.77. The number of halogens is 3. The molecule has 1 atom stereocenters. The van der Waals surface area contributed by atoms with Gasteiger partial charge in [-0.3, -0.25) is 0 Å². The van der Waals surface area contributed by atoms with E-state index in [9.17, 15) is 5.11 Å². The quantitative estimate of drug-likeness (QED) is 0.398. The van der Waals surface area contributed by atoms with Gasteiger partial charge in [0.2, 0.25) is 0 Å². The van der Waals surface area contributed by atoms with Crippen LogP contribution in [0.2, 0.25) is 0 Å². The Morgan fingerprint density at radius 2 is 1.41 bits per heavy atom. The van der Waals surface area contributed by atoms with Gasteiger partial charge >= 0.3 is 0 Å². The van der Waals surface area contributed by atoms with Crippen LogP contribution in [0.15, 0.2) is 42.5 Å². The Hall–Kier alpha value is 0.430. The van der Waals surface area contributed by atoms with Gasteiger partial charge in [0, 0.05) is 0 Å². The van der Waals surface area contributed by atoms with E-state index in [4.69, 9.17) is 0 Å². The van der Waals surface area contributed by atoms with Crippen molar-refractivity contribution < 1.29 is 5.11 Å². The molecule has 0 aromatic heterocycles. The van der Waals surface area contributed by atoms with Crippen LogP contribution in [0.4, 0.5) is 0 Å². The van der Waals surface area contributed by atoms with E-state index < -0.39 is 0 Å². The highest BCUT2D eigenvalue weighted by Gasteiger charge is 2.13. The molecule has 0 saturated carbocycles. The second kappa shape index (κ2) is 6.05. The smallest absolute Gasteiger partial charge is 0.142 e. The third kappa shape index (κ3) is 3.25. The average molecular weight is 562 g/mol. The van der Waals surface area contributed by atoms with Crippen molar-refractivity contribution in [2.45, 2.75) is 3.92 Å². The Kier molecular flexibility index (Phi) is 4.93. The molecule has 1 unspecified atom stereocenters. The van der Waals surface area contributed by atoms with Crippen molar-refractivity contribution in [1.29, 1.82) is 0 Å². The van der Waals surface area contributed by atoms with E-state index in [2.05, 4.69) is 92.0 Å². The van der Waals surface area contributed by atoms with Crippen molar-refractivity contribution >= 4 is 67.8 Å². The summed E-state index contributed by atoms with van der Waals surface area (Å²) in [5.74, 6) is 0.381. The number of aromatic hydroxyl groups is 1. The summed E-state index contributed by atoms with van der Waals surface area (Å²) in [4.78, 5) is 0. The normalized spacial score (nSPS) is 12.4. The Morgan fingerprint density at radius 3 is 1.94 bits per heavy atom. The van der Waals surface area contributed by atoms with Gasteiger partial charge in [-0.25, -0.2) is 0 Å². The third-order valence-electron chi connectivity index (χ3n) is 2.42. The molecule has 0 heterocycles. The highest BCUT2D eigenvalue weighted by atomic mass is 127. The summed E-state index contributed by atoms with van der Waals surface area (Å²) in [7, 11) is 0. The molecule has 1 nitrogen and oxygen atoms in total. The van der Waals surface area contributed by atoms with E-state index in [1.54, 1.807) is 0 Å². The number of hydrogen-bond acceptors (Lipinski definition) is 1. The zero-order valence-electron chi connectivity index (χ0n) is 8.70. The monoisotopic (exact) mass is 562 g/mol. The van der Waals surface area contributed by atoms with Crippen LogP contribution in [0, 0.1) is 7.14 Å². The second-order valence-corrected chi connectivity index (χ2v) is 7.18. The Morgan fingerprint density at radius 1 is 0.882 bits per heavy atom. The van der Waals surface area contributed by atoms with Crippen LogP contribution in [0.3, 0.4) is 0 Å². The van der Waals surface area contributed by atoms with E-state index in [1.807, 2.05) is 18.2 Å². The van der Waals surface area contributed by atoms with Crippen LogP contribution in [-0.4, -0.2) is 5.11 Å². The first kappa shape index (κ1) is 13.9. The van der Waals surface area contributed by atoms with Gasteiger partial charge in [-0.05, 0) is 68.4 Å². The molecule has 0 radical (unpaired) electrons. The first-order valence-electron chi connectivity index (χ1n) is 4.96. The van der Waals surface area contributed by atoms with Gasteiger partial charge in [-0.1, -0.05) is 52.9 Å². The molecule has 0 spiro atoms. The number of phenolic OH excluding ortho intramolecular Hbond substituents is 1. The Labute approximate surface area is 141 Å². The van der Waals surface area contributed by atoms with E-state index in [1.165, 1.54) is 11.1 Å². The fraction of sp³-hybridized carbons (Fsp3) is 0.0769. The molecule has 0 aliphatic rings. The summed E-state index contributed by atoms with van der Waals surface area (Å²) in [5, 5.41) is 9.77. The van der Waals surface area contributed by atoms with Gasteiger partial charge in [-0.2, -0.15) is 0 Å². The number of rotatable bonds is 2. The van der Waals surface area contributed by atoms with Crippen molar-refractivity contribution in [1.82, 2.24) is 0 Å². The molecule has 0 fully saturated rings. The van der Waals surface area contributed by atoms with Gasteiger partial charge < -0.3 is 5.11 Å². The molecule has 0 bridgehead atoms. The lowest BCUT2D eigenvalue weighted by Crippen LogP contribution is -1.94. The molecule has 2 aromatic rings. The first-order valence-corrected chi connectivity index (χ1v) is 8.37. The van der Waals surface area contributed by atoms with Crippen molar-refractivity contribution in [2.75, 3.05) is 0 Å². The molecule has 2 aromatic carbocycles. The lowest BCUT2D eigenvalue weighted by Gasteiger charge is -2.12. The maximum atomic E-state index is 9.77. The van der Waals surface area contributed by atoms with Crippen molar-refractivity contribution in [3.8, 4) is 5.75 Å². The number of hydrogen-bond donors (Lipinski definition) is 1. The lowest BCUT2D eigenvalue weighted by atomic mass is 10.1. The number of benzene rings is 2. The summed E-state index contributed by atoms with van der Waals surface area (Å²) in [6.07, 6.45) is 0. The first-order chi connectivity index (χ1) is 8.09. The van der Waals surface area contributed by atoms with Crippen molar-refractivity contribution in [2.24, 2.45) is 0 Å². The topological polar surface area (TPSA) is 20.2 Å². The van der Waals surface area contributed by atoms with E-state index >= 15 is 0 Å². The van der Waals surface area contributed by atoms with E-state index in [0.717, 1.165) is 7.14 Å². The fourth-order valence-electron chi connectivity index (χ4n) is 1.55. The zero-order chi connectivity index (χ0) is 12.4. The fourth-order valence-corrected chi connectivity index (χ4v) is 4.14. The molecular weight excluding hydrogens is 553 g/mol. The minimum Gasteiger partial charge on any atom is -0.506 e. The zero-order valence-corrected chi connectivity index (χ0v) is 15.2. The van der Waals surface area contributed by atoms with Crippen LogP contribution in [0.5, 0.6) is 5.75 Å². The molecule has 0 aliphatic carbocycles. The Balaban J connectivity index is 2.41. The summed E-state index contributed by atoms with van der Waals surface area (Å²) in [6, 6.07) is 14.5. The minimum atomic E-state index is 0.316. The van der Waals surface area contributed by atoms with Crippen LogP contribution in [0.1, 0.15) is 15.1 Å². The molecule has 0 aliphatic heterocycles. The Bertz CT molecular complexity index is 502. The van der Waals surface area contributed by atoms with Crippen LogP contribution >= 0.6 is 67.8 Å². The highest BCUT2D eigenvalue weighted by molar-refractivity contribution is 14.1. The van der Waals surface area contributed by atoms with E-state index in [0.29, 0.717) is 9.67 Å². The van der Waals surface area contributed by atoms with Gasteiger partial charge in [0.25, 0.3) is 0 Å². The largest absolute Gasteiger partial charge is 0.506 e. The average Bonchev–Trinajstić information content (AvgIpc) is 2.35. The maximum Gasteiger partial charge on any atom is 0.142 e. The van der Waals surface area contributed by atoms with Crippen molar-refractivity contribution in [3.05, 3.63) is 60.7 Å². The lowest BCUT2D eigenvalue weighted by molar-refractivity contribution is 0.467. The van der Waals surface area contributed by atoms with Crippen LogP contribution in [-0.2, 0) is 0 Å². The molecule has 0 amide bonds. The van der Waals surface area contributed by atoms with Crippen molar-refractivity contribution in [3.63, 3.8) is 0 Å². The van der Waals surface area contributed by atoms with E-state index in [-0.39, 0.29) is 0 Å². The summed E-state index contributed by atoms with van der Waals surface area (Å²) in [5.41, 5.74) is 2.51. The molecule has 1 N–H and O–H groups in total. The minimum absolute atomic E-state index is 0.316.